The summed E-state index contributed by atoms with van der Waals surface area (Å²) in [4.78, 5) is 12.0. The second-order valence-corrected chi connectivity index (χ2v) is 5.59. The third-order valence-corrected chi connectivity index (χ3v) is 3.86. The largest absolute Gasteiger partial charge is 0.353 e. The summed E-state index contributed by atoms with van der Waals surface area (Å²) in [6.07, 6.45) is 12.3. The van der Waals surface area contributed by atoms with E-state index >= 15 is 0 Å². The summed E-state index contributed by atoms with van der Waals surface area (Å²) in [5.41, 5.74) is 0. The van der Waals surface area contributed by atoms with Crippen LogP contribution in [0.1, 0.15) is 78.1 Å². The second kappa shape index (κ2) is 8.54. The molecule has 0 aromatic carbocycles. The van der Waals surface area contributed by atoms with Crippen LogP contribution in [0.25, 0.3) is 0 Å². The topological polar surface area (TPSA) is 29.1 Å². The van der Waals surface area contributed by atoms with E-state index in [1.54, 1.807) is 0 Å². The van der Waals surface area contributed by atoms with Crippen LogP contribution in [0.5, 0.6) is 0 Å². The van der Waals surface area contributed by atoms with Crippen LogP contribution in [-0.2, 0) is 4.79 Å². The number of unbranched alkanes of at least 4 members (excludes halogenated alkanes) is 3. The van der Waals surface area contributed by atoms with Crippen LogP contribution in [0.15, 0.2) is 0 Å². The van der Waals surface area contributed by atoms with Gasteiger partial charge in [0.25, 0.3) is 0 Å². The van der Waals surface area contributed by atoms with Crippen LogP contribution in [0.3, 0.4) is 0 Å². The molecule has 2 nitrogen and oxygen atoms in total. The van der Waals surface area contributed by atoms with Gasteiger partial charge >= 0.3 is 0 Å². The van der Waals surface area contributed by atoms with E-state index < -0.39 is 0 Å². The molecule has 1 fully saturated rings. The van der Waals surface area contributed by atoms with Crippen molar-refractivity contribution < 1.29 is 4.79 Å². The summed E-state index contributed by atoms with van der Waals surface area (Å²) in [5, 5.41) is 3.19. The maximum absolute atomic E-state index is 12.0. The number of carbonyl (C=O) groups excluding carboxylic acids is 1. The van der Waals surface area contributed by atoms with Gasteiger partial charge in [0, 0.05) is 12.0 Å². The minimum absolute atomic E-state index is 0.307. The predicted molar refractivity (Wildman–Crippen MR) is 72.9 cm³/mol. The Labute approximate surface area is 107 Å². The fraction of sp³-hybridized carbons (Fsp3) is 0.933. The molecule has 0 radical (unpaired) electrons. The van der Waals surface area contributed by atoms with E-state index in [0.29, 0.717) is 17.9 Å². The number of carbonyl (C=O) groups is 1. The van der Waals surface area contributed by atoms with Crippen molar-refractivity contribution in [2.75, 3.05) is 0 Å². The molecule has 1 aliphatic rings. The molecule has 1 amide bonds. The van der Waals surface area contributed by atoms with Gasteiger partial charge in [-0.3, -0.25) is 4.79 Å². The van der Waals surface area contributed by atoms with Crippen LogP contribution in [0, 0.1) is 5.92 Å². The quantitative estimate of drug-likeness (QED) is 0.667. The first-order valence-corrected chi connectivity index (χ1v) is 7.54. The van der Waals surface area contributed by atoms with Crippen LogP contribution < -0.4 is 5.32 Å². The summed E-state index contributed by atoms with van der Waals surface area (Å²) in [5.74, 6) is 0.620. The van der Waals surface area contributed by atoms with E-state index in [-0.39, 0.29) is 0 Å². The van der Waals surface area contributed by atoms with Gasteiger partial charge in [-0.25, -0.2) is 0 Å². The minimum atomic E-state index is 0.307. The number of rotatable bonds is 7. The average Bonchev–Trinajstić information content (AvgIpc) is 2.36. The Kier molecular flexibility index (Phi) is 7.30. The highest BCUT2D eigenvalue weighted by Gasteiger charge is 2.21. The molecule has 1 saturated carbocycles. The molecule has 0 spiro atoms. The van der Waals surface area contributed by atoms with Crippen molar-refractivity contribution in [1.82, 2.24) is 5.32 Å². The van der Waals surface area contributed by atoms with Crippen LogP contribution in [0.4, 0.5) is 0 Å². The van der Waals surface area contributed by atoms with Crippen molar-refractivity contribution in [3.05, 3.63) is 0 Å². The van der Waals surface area contributed by atoms with Gasteiger partial charge in [-0.05, 0) is 26.2 Å². The van der Waals surface area contributed by atoms with E-state index in [1.807, 2.05) is 0 Å². The van der Waals surface area contributed by atoms with Crippen molar-refractivity contribution >= 4 is 5.91 Å². The average molecular weight is 239 g/mol. The lowest BCUT2D eigenvalue weighted by Gasteiger charge is -2.23. The summed E-state index contributed by atoms with van der Waals surface area (Å²) in [7, 11) is 0. The van der Waals surface area contributed by atoms with Gasteiger partial charge in [0.2, 0.25) is 5.91 Å². The van der Waals surface area contributed by atoms with Crippen molar-refractivity contribution in [2.45, 2.75) is 84.1 Å². The standard InChI is InChI=1S/C15H29NO/c1-3-4-5-7-10-13(2)16-15(17)14-11-8-6-9-12-14/h13-14H,3-12H2,1-2H3,(H,16,17). The summed E-state index contributed by atoms with van der Waals surface area (Å²) in [6, 6.07) is 0.362. The van der Waals surface area contributed by atoms with E-state index in [0.717, 1.165) is 19.3 Å². The first kappa shape index (κ1) is 14.5. The molecule has 1 unspecified atom stereocenters. The summed E-state index contributed by atoms with van der Waals surface area (Å²) in [6.45, 7) is 4.38. The fourth-order valence-corrected chi connectivity index (χ4v) is 2.67. The number of hydrogen-bond acceptors (Lipinski definition) is 1. The predicted octanol–water partition coefficient (Wildman–Crippen LogP) is 4.04. The van der Waals surface area contributed by atoms with Crippen molar-refractivity contribution in [3.8, 4) is 0 Å². The lowest BCUT2D eigenvalue weighted by Crippen LogP contribution is -2.37. The van der Waals surface area contributed by atoms with Gasteiger partial charge in [0.05, 0.1) is 0 Å². The summed E-state index contributed by atoms with van der Waals surface area (Å²) < 4.78 is 0. The number of nitrogens with one attached hydrogen (secondary N) is 1. The minimum Gasteiger partial charge on any atom is -0.353 e. The molecule has 0 aromatic heterocycles. The molecular formula is C15H29NO. The van der Waals surface area contributed by atoms with Gasteiger partial charge in [-0.15, -0.1) is 0 Å². The Morgan fingerprint density at radius 2 is 1.88 bits per heavy atom. The molecule has 100 valence electrons. The molecular weight excluding hydrogens is 210 g/mol. The molecule has 0 aromatic rings. The zero-order valence-electron chi connectivity index (χ0n) is 11.6. The molecule has 0 bridgehead atoms. The summed E-state index contributed by atoms with van der Waals surface area (Å²) >= 11 is 0. The van der Waals surface area contributed by atoms with Gasteiger partial charge in [-0.1, -0.05) is 51.9 Å². The third kappa shape index (κ3) is 6.09. The number of hydrogen-bond donors (Lipinski definition) is 1. The zero-order valence-corrected chi connectivity index (χ0v) is 11.6. The highest BCUT2D eigenvalue weighted by Crippen LogP contribution is 2.23. The first-order chi connectivity index (χ1) is 8.24. The SMILES string of the molecule is CCCCCCC(C)NC(=O)C1CCCCC1. The zero-order chi connectivity index (χ0) is 12.5. The van der Waals surface area contributed by atoms with Crippen LogP contribution in [-0.4, -0.2) is 11.9 Å². The molecule has 1 aliphatic carbocycles. The second-order valence-electron chi connectivity index (χ2n) is 5.59. The molecule has 0 heterocycles. The lowest BCUT2D eigenvalue weighted by molar-refractivity contribution is -0.126. The van der Waals surface area contributed by atoms with E-state index in [2.05, 4.69) is 19.2 Å². The lowest BCUT2D eigenvalue weighted by atomic mass is 9.88. The molecule has 0 saturated heterocycles. The molecule has 2 heteroatoms. The Morgan fingerprint density at radius 1 is 1.18 bits per heavy atom. The highest BCUT2D eigenvalue weighted by atomic mass is 16.1. The van der Waals surface area contributed by atoms with Crippen molar-refractivity contribution in [2.24, 2.45) is 5.92 Å². The fourth-order valence-electron chi connectivity index (χ4n) is 2.67. The maximum Gasteiger partial charge on any atom is 0.223 e. The Bertz CT molecular complexity index is 209. The van der Waals surface area contributed by atoms with Gasteiger partial charge in [-0.2, -0.15) is 0 Å². The molecule has 1 N–H and O–H groups in total. The number of amides is 1. The Morgan fingerprint density at radius 3 is 2.53 bits per heavy atom. The Hall–Kier alpha value is -0.530. The smallest absolute Gasteiger partial charge is 0.223 e. The Balaban J connectivity index is 2.11. The molecule has 0 aliphatic heterocycles. The van der Waals surface area contributed by atoms with Gasteiger partial charge in [0.15, 0.2) is 0 Å². The molecule has 1 rings (SSSR count). The maximum atomic E-state index is 12.0. The van der Waals surface area contributed by atoms with Gasteiger partial charge < -0.3 is 5.32 Å². The molecule has 1 atom stereocenters. The first-order valence-electron chi connectivity index (χ1n) is 7.54. The molecule has 17 heavy (non-hydrogen) atoms. The van der Waals surface area contributed by atoms with Crippen LogP contribution >= 0.6 is 0 Å². The van der Waals surface area contributed by atoms with Crippen molar-refractivity contribution in [1.29, 1.82) is 0 Å². The highest BCUT2D eigenvalue weighted by molar-refractivity contribution is 5.78. The normalized spacial score (nSPS) is 18.9. The van der Waals surface area contributed by atoms with Crippen molar-refractivity contribution in [3.63, 3.8) is 0 Å². The van der Waals surface area contributed by atoms with E-state index in [4.69, 9.17) is 0 Å². The monoisotopic (exact) mass is 239 g/mol. The third-order valence-electron chi connectivity index (χ3n) is 3.86. The van der Waals surface area contributed by atoms with Crippen LogP contribution in [0.2, 0.25) is 0 Å². The van der Waals surface area contributed by atoms with E-state index in [1.165, 1.54) is 44.9 Å². The van der Waals surface area contributed by atoms with Gasteiger partial charge in [0.1, 0.15) is 0 Å². The van der Waals surface area contributed by atoms with E-state index in [9.17, 15) is 4.79 Å².